The molecule has 0 atom stereocenters. The molecule has 0 aliphatic heterocycles. The number of nitrogens with zero attached hydrogens (tertiary/aromatic N) is 1. The molecule has 0 radical (unpaired) electrons. The lowest BCUT2D eigenvalue weighted by atomic mass is 10.3. The fourth-order valence-corrected chi connectivity index (χ4v) is 3.34. The molecule has 0 fully saturated rings. The Morgan fingerprint density at radius 1 is 1.53 bits per heavy atom. The second-order valence-corrected chi connectivity index (χ2v) is 5.45. The maximum atomic E-state index is 12.5. The second kappa shape index (κ2) is 4.44. The molecule has 1 aromatic rings. The summed E-state index contributed by atoms with van der Waals surface area (Å²) >= 11 is 6.86. The van der Waals surface area contributed by atoms with Gasteiger partial charge in [0.05, 0.1) is 5.56 Å². The van der Waals surface area contributed by atoms with Crippen LogP contribution in [0.3, 0.4) is 0 Å². The van der Waals surface area contributed by atoms with E-state index >= 15 is 0 Å². The number of sulfonamides is 1. The van der Waals surface area contributed by atoms with Crippen LogP contribution in [0.5, 0.6) is 0 Å². The van der Waals surface area contributed by atoms with E-state index in [-0.39, 0.29) is 3.57 Å². The average Bonchev–Trinajstić information content (AvgIpc) is 2.00. The molecular weight excluding hydrogens is 364 g/mol. The number of aromatic nitrogens is 1. The lowest BCUT2D eigenvalue weighted by Crippen LogP contribution is -2.15. The first-order chi connectivity index (χ1) is 6.75. The average molecular weight is 369 g/mol. The molecule has 0 amide bonds. The maximum Gasteiger partial charge on any atom is 0.267 e. The van der Waals surface area contributed by atoms with E-state index in [1.54, 1.807) is 0 Å². The summed E-state index contributed by atoms with van der Waals surface area (Å²) in [4.78, 5) is 2.89. The number of primary sulfonamides is 1. The first-order valence-electron chi connectivity index (χ1n) is 3.40. The topological polar surface area (TPSA) is 73.1 Å². The Bertz CT molecular complexity index is 494. The fourth-order valence-electron chi connectivity index (χ4n) is 0.849. The minimum atomic E-state index is -4.07. The Morgan fingerprint density at radius 3 is 2.47 bits per heavy atom. The second-order valence-electron chi connectivity index (χ2n) is 2.49. The first kappa shape index (κ1) is 13.0. The zero-order chi connectivity index (χ0) is 11.8. The third kappa shape index (κ3) is 2.74. The van der Waals surface area contributed by atoms with Gasteiger partial charge in [-0.2, -0.15) is 0 Å². The van der Waals surface area contributed by atoms with E-state index in [9.17, 15) is 17.2 Å². The van der Waals surface area contributed by atoms with Gasteiger partial charge in [-0.15, -0.1) is 0 Å². The van der Waals surface area contributed by atoms with Crippen molar-refractivity contribution in [2.75, 3.05) is 0 Å². The zero-order valence-electron chi connectivity index (χ0n) is 6.92. The first-order valence-corrected chi connectivity index (χ1v) is 6.40. The predicted octanol–water partition coefficient (Wildman–Crippen LogP) is 1.92. The quantitative estimate of drug-likeness (QED) is 0.640. The van der Waals surface area contributed by atoms with Crippen LogP contribution < -0.4 is 5.14 Å². The van der Waals surface area contributed by atoms with Crippen molar-refractivity contribution in [3.05, 3.63) is 20.5 Å². The van der Waals surface area contributed by atoms with Crippen LogP contribution in [0.2, 0.25) is 5.15 Å². The van der Waals surface area contributed by atoms with Crippen LogP contribution in [-0.2, 0) is 10.0 Å². The molecule has 1 aromatic heterocycles. The highest BCUT2D eigenvalue weighted by atomic mass is 127. The SMILES string of the molecule is NS(=O)(=O)c1cnc(Cl)c(C(F)F)c1I. The van der Waals surface area contributed by atoms with Gasteiger partial charge in [-0.1, -0.05) is 11.6 Å². The van der Waals surface area contributed by atoms with Crippen LogP contribution in [0, 0.1) is 3.57 Å². The predicted molar refractivity (Wildman–Crippen MR) is 58.3 cm³/mol. The Hall–Kier alpha value is -0.0600. The van der Waals surface area contributed by atoms with Gasteiger partial charge in [0, 0.05) is 9.77 Å². The Morgan fingerprint density at radius 2 is 2.07 bits per heavy atom. The Kier molecular flexibility index (Phi) is 3.85. The summed E-state index contributed by atoms with van der Waals surface area (Å²) in [6, 6.07) is 0. The smallest absolute Gasteiger partial charge is 0.243 e. The monoisotopic (exact) mass is 368 g/mol. The van der Waals surface area contributed by atoms with Crippen molar-refractivity contribution < 1.29 is 17.2 Å². The normalized spacial score (nSPS) is 12.1. The highest BCUT2D eigenvalue weighted by Gasteiger charge is 2.24. The van der Waals surface area contributed by atoms with Crippen molar-refractivity contribution in [3.8, 4) is 0 Å². The van der Waals surface area contributed by atoms with Crippen molar-refractivity contribution in [3.63, 3.8) is 0 Å². The molecule has 0 spiro atoms. The van der Waals surface area contributed by atoms with E-state index in [1.165, 1.54) is 22.6 Å². The van der Waals surface area contributed by atoms with Crippen molar-refractivity contribution in [1.82, 2.24) is 4.98 Å². The molecule has 0 aliphatic carbocycles. The zero-order valence-corrected chi connectivity index (χ0v) is 10.6. The lowest BCUT2D eigenvalue weighted by Gasteiger charge is -2.08. The number of alkyl halides is 2. The summed E-state index contributed by atoms with van der Waals surface area (Å²) in [6.07, 6.45) is -2.05. The molecule has 84 valence electrons. The summed E-state index contributed by atoms with van der Waals surface area (Å²) in [5.41, 5.74) is -0.621. The number of pyridine rings is 1. The molecule has 1 rings (SSSR count). The number of nitrogens with two attached hydrogens (primary N) is 1. The maximum absolute atomic E-state index is 12.5. The number of hydrogen-bond acceptors (Lipinski definition) is 3. The number of rotatable bonds is 2. The van der Waals surface area contributed by atoms with Gasteiger partial charge >= 0.3 is 0 Å². The van der Waals surface area contributed by atoms with Crippen LogP contribution in [0.1, 0.15) is 12.0 Å². The molecule has 0 saturated carbocycles. The summed E-state index contributed by atoms with van der Waals surface area (Å²) < 4.78 is 46.8. The fraction of sp³-hybridized carbons (Fsp3) is 0.167. The van der Waals surface area contributed by atoms with Crippen molar-refractivity contribution in [2.24, 2.45) is 5.14 Å². The molecule has 4 nitrogen and oxygen atoms in total. The molecule has 0 bridgehead atoms. The summed E-state index contributed by atoms with van der Waals surface area (Å²) in [5, 5.41) is 4.39. The standard InChI is InChI=1S/C6H4ClF2IN2O2S/c7-5-3(6(8)9)4(10)2(1-12-5)15(11,13)14/h1,6H,(H2,11,13,14). The summed E-state index contributed by atoms with van der Waals surface area (Å²) in [5.74, 6) is 0. The molecule has 0 unspecified atom stereocenters. The molecule has 2 N–H and O–H groups in total. The molecule has 0 saturated heterocycles. The third-order valence-corrected chi connectivity index (χ3v) is 4.25. The van der Waals surface area contributed by atoms with E-state index < -0.39 is 32.1 Å². The minimum Gasteiger partial charge on any atom is -0.243 e. The van der Waals surface area contributed by atoms with Crippen molar-refractivity contribution >= 4 is 44.2 Å². The van der Waals surface area contributed by atoms with E-state index in [0.717, 1.165) is 6.20 Å². The highest BCUT2D eigenvalue weighted by molar-refractivity contribution is 14.1. The molecule has 0 aromatic carbocycles. The van der Waals surface area contributed by atoms with Gasteiger partial charge in [0.2, 0.25) is 10.0 Å². The van der Waals surface area contributed by atoms with Crippen LogP contribution in [0.25, 0.3) is 0 Å². The van der Waals surface area contributed by atoms with Crippen LogP contribution in [-0.4, -0.2) is 13.4 Å². The van der Waals surface area contributed by atoms with Gasteiger partial charge in [0.25, 0.3) is 6.43 Å². The number of hydrogen-bond donors (Lipinski definition) is 1. The summed E-state index contributed by atoms with van der Waals surface area (Å²) in [7, 11) is -4.07. The van der Waals surface area contributed by atoms with Crippen LogP contribution in [0.4, 0.5) is 8.78 Å². The van der Waals surface area contributed by atoms with E-state index in [0.29, 0.717) is 0 Å². The lowest BCUT2D eigenvalue weighted by molar-refractivity contribution is 0.149. The van der Waals surface area contributed by atoms with Gasteiger partial charge < -0.3 is 0 Å². The number of halogens is 4. The van der Waals surface area contributed by atoms with Gasteiger partial charge in [-0.05, 0) is 22.6 Å². The minimum absolute atomic E-state index is 0.204. The molecular formula is C6H4ClF2IN2O2S. The van der Waals surface area contributed by atoms with Crippen LogP contribution >= 0.6 is 34.2 Å². The van der Waals surface area contributed by atoms with Gasteiger partial charge in [0.1, 0.15) is 10.0 Å². The molecule has 9 heteroatoms. The van der Waals surface area contributed by atoms with E-state index in [1.807, 2.05) is 0 Å². The third-order valence-electron chi connectivity index (χ3n) is 1.49. The van der Waals surface area contributed by atoms with Gasteiger partial charge in [-0.3, -0.25) is 0 Å². The molecule has 15 heavy (non-hydrogen) atoms. The van der Waals surface area contributed by atoms with Crippen molar-refractivity contribution in [2.45, 2.75) is 11.3 Å². The van der Waals surface area contributed by atoms with E-state index in [2.05, 4.69) is 4.98 Å². The Labute approximate surface area is 103 Å². The highest BCUT2D eigenvalue weighted by Crippen LogP contribution is 2.32. The molecule has 0 aliphatic rings. The van der Waals surface area contributed by atoms with Crippen molar-refractivity contribution in [1.29, 1.82) is 0 Å². The van der Waals surface area contributed by atoms with Gasteiger partial charge in [0.15, 0.2) is 0 Å². The van der Waals surface area contributed by atoms with Crippen LogP contribution in [0.15, 0.2) is 11.1 Å². The van der Waals surface area contributed by atoms with Gasteiger partial charge in [-0.25, -0.2) is 27.3 Å². The summed E-state index contributed by atoms with van der Waals surface area (Å²) in [6.45, 7) is 0. The van der Waals surface area contributed by atoms with E-state index in [4.69, 9.17) is 16.7 Å². The largest absolute Gasteiger partial charge is 0.267 e. The Balaban J connectivity index is 3.56. The molecule has 1 heterocycles.